The minimum Gasteiger partial charge on any atom is -0.507 e. The molecule has 2 aromatic carbocycles. The molecule has 1 saturated heterocycles. The Morgan fingerprint density at radius 1 is 1.10 bits per heavy atom. The summed E-state index contributed by atoms with van der Waals surface area (Å²) in [7, 11) is 3.93. The number of Topliss-reactive ketones (excluding diaryl/α,β-unsaturated/α-hetero) is 1. The summed E-state index contributed by atoms with van der Waals surface area (Å²) in [6.45, 7) is 3.59. The molecule has 1 unspecified atom stereocenters. The number of nitrogens with zero attached hydrogens (tertiary/aromatic N) is 2. The summed E-state index contributed by atoms with van der Waals surface area (Å²) in [6, 6.07) is 15.7. The Kier molecular flexibility index (Phi) is 6.90. The number of amides is 1. The quantitative estimate of drug-likeness (QED) is 0.412. The zero-order valence-electron chi connectivity index (χ0n) is 17.7. The standard InChI is InChI=1S/C24H28N2O4/c1-4-30-19-13-8-12-18(16-19)22(27)20-21(17-10-6-5-7-11-17)26(24(29)23(20)28)15-9-14-25(2)3/h5-8,10-13,16,21,27H,4,9,14-15H2,1-3H3/b22-20+. The lowest BCUT2D eigenvalue weighted by Crippen LogP contribution is -2.32. The normalized spacial score (nSPS) is 18.3. The van der Waals surface area contributed by atoms with E-state index in [2.05, 4.69) is 0 Å². The number of likely N-dealkylation sites (tertiary alicyclic amines) is 1. The molecule has 0 saturated carbocycles. The molecular weight excluding hydrogens is 380 g/mol. The highest BCUT2D eigenvalue weighted by Crippen LogP contribution is 2.39. The summed E-state index contributed by atoms with van der Waals surface area (Å²) >= 11 is 0. The molecular formula is C24H28N2O4. The van der Waals surface area contributed by atoms with Crippen LogP contribution >= 0.6 is 0 Å². The van der Waals surface area contributed by atoms with Gasteiger partial charge in [0.15, 0.2) is 0 Å². The molecule has 1 aliphatic rings. The summed E-state index contributed by atoms with van der Waals surface area (Å²) < 4.78 is 5.51. The maximum Gasteiger partial charge on any atom is 0.295 e. The molecule has 0 bridgehead atoms. The van der Waals surface area contributed by atoms with E-state index in [9.17, 15) is 14.7 Å². The first-order chi connectivity index (χ1) is 14.4. The van der Waals surface area contributed by atoms with E-state index in [4.69, 9.17) is 4.74 Å². The molecule has 6 heteroatoms. The SMILES string of the molecule is CCOc1cccc(/C(O)=C2\C(=O)C(=O)N(CCCN(C)C)C2c2ccccc2)c1. The van der Waals surface area contributed by atoms with Crippen molar-refractivity contribution in [1.29, 1.82) is 0 Å². The van der Waals surface area contributed by atoms with Crippen molar-refractivity contribution < 1.29 is 19.4 Å². The summed E-state index contributed by atoms with van der Waals surface area (Å²) in [5, 5.41) is 11.1. The van der Waals surface area contributed by atoms with Crippen molar-refractivity contribution in [3.63, 3.8) is 0 Å². The number of hydrogen-bond donors (Lipinski definition) is 1. The van der Waals surface area contributed by atoms with Gasteiger partial charge in [0.25, 0.3) is 11.7 Å². The zero-order valence-corrected chi connectivity index (χ0v) is 17.7. The molecule has 1 aliphatic heterocycles. The number of ketones is 1. The van der Waals surface area contributed by atoms with Gasteiger partial charge in [-0.1, -0.05) is 42.5 Å². The largest absolute Gasteiger partial charge is 0.507 e. The Hall–Kier alpha value is -3.12. The molecule has 1 amide bonds. The highest BCUT2D eigenvalue weighted by molar-refractivity contribution is 6.46. The first kappa shape index (κ1) is 21.6. The minimum atomic E-state index is -0.659. The van der Waals surface area contributed by atoms with Crippen LogP contribution in [0, 0.1) is 0 Å². The van der Waals surface area contributed by atoms with Gasteiger partial charge < -0.3 is 19.6 Å². The lowest BCUT2D eigenvalue weighted by molar-refractivity contribution is -0.139. The zero-order chi connectivity index (χ0) is 21.7. The Morgan fingerprint density at radius 3 is 2.50 bits per heavy atom. The molecule has 30 heavy (non-hydrogen) atoms. The molecule has 1 heterocycles. The van der Waals surface area contributed by atoms with Gasteiger partial charge in [0, 0.05) is 12.1 Å². The number of ether oxygens (including phenoxy) is 1. The predicted molar refractivity (Wildman–Crippen MR) is 116 cm³/mol. The van der Waals surface area contributed by atoms with Crippen molar-refractivity contribution in [3.8, 4) is 5.75 Å². The third kappa shape index (κ3) is 4.54. The molecule has 0 aromatic heterocycles. The molecule has 0 aliphatic carbocycles. The summed E-state index contributed by atoms with van der Waals surface area (Å²) in [5.41, 5.74) is 1.36. The number of carbonyl (C=O) groups excluding carboxylic acids is 2. The van der Waals surface area contributed by atoms with Gasteiger partial charge in [-0.15, -0.1) is 0 Å². The number of carbonyl (C=O) groups is 2. The fourth-order valence-corrected chi connectivity index (χ4v) is 3.71. The number of aliphatic hydroxyl groups is 1. The van der Waals surface area contributed by atoms with E-state index < -0.39 is 17.7 Å². The molecule has 158 valence electrons. The third-order valence-electron chi connectivity index (χ3n) is 5.08. The van der Waals surface area contributed by atoms with Gasteiger partial charge in [-0.05, 0) is 51.7 Å². The predicted octanol–water partition coefficient (Wildman–Crippen LogP) is 3.46. The van der Waals surface area contributed by atoms with E-state index in [-0.39, 0.29) is 11.3 Å². The minimum absolute atomic E-state index is 0.115. The van der Waals surface area contributed by atoms with E-state index in [1.165, 1.54) is 0 Å². The Bertz CT molecular complexity index is 937. The second-order valence-corrected chi connectivity index (χ2v) is 7.52. The van der Waals surface area contributed by atoms with Crippen LogP contribution in [0.2, 0.25) is 0 Å². The second-order valence-electron chi connectivity index (χ2n) is 7.52. The smallest absolute Gasteiger partial charge is 0.295 e. The second kappa shape index (κ2) is 9.59. The van der Waals surface area contributed by atoms with Gasteiger partial charge in [-0.25, -0.2) is 0 Å². The van der Waals surface area contributed by atoms with Crippen molar-refractivity contribution >= 4 is 17.4 Å². The van der Waals surface area contributed by atoms with E-state index in [0.29, 0.717) is 24.5 Å². The van der Waals surface area contributed by atoms with Crippen molar-refractivity contribution in [2.45, 2.75) is 19.4 Å². The number of rotatable bonds is 8. The van der Waals surface area contributed by atoms with E-state index in [0.717, 1.165) is 18.5 Å². The van der Waals surface area contributed by atoms with Gasteiger partial charge >= 0.3 is 0 Å². The van der Waals surface area contributed by atoms with Crippen molar-refractivity contribution in [3.05, 3.63) is 71.3 Å². The molecule has 1 N–H and O–H groups in total. The van der Waals surface area contributed by atoms with E-state index in [1.807, 2.05) is 56.3 Å². The first-order valence-corrected chi connectivity index (χ1v) is 10.1. The maximum atomic E-state index is 13.0. The van der Waals surface area contributed by atoms with Crippen LogP contribution in [0.15, 0.2) is 60.2 Å². The third-order valence-corrected chi connectivity index (χ3v) is 5.08. The summed E-state index contributed by atoms with van der Waals surface area (Å²) in [6.07, 6.45) is 0.725. The van der Waals surface area contributed by atoms with Crippen molar-refractivity contribution in [2.75, 3.05) is 33.8 Å². The van der Waals surface area contributed by atoms with Crippen LogP contribution in [-0.2, 0) is 9.59 Å². The maximum absolute atomic E-state index is 13.0. The van der Waals surface area contributed by atoms with E-state index in [1.54, 1.807) is 29.2 Å². The monoisotopic (exact) mass is 408 g/mol. The Balaban J connectivity index is 2.06. The van der Waals surface area contributed by atoms with Crippen LogP contribution in [0.1, 0.15) is 30.5 Å². The summed E-state index contributed by atoms with van der Waals surface area (Å²) in [5.74, 6) is -0.824. The fraction of sp³-hybridized carbons (Fsp3) is 0.333. The van der Waals surface area contributed by atoms with E-state index >= 15 is 0 Å². The van der Waals surface area contributed by atoms with Crippen LogP contribution < -0.4 is 4.74 Å². The fourth-order valence-electron chi connectivity index (χ4n) is 3.71. The molecule has 2 aromatic rings. The average molecular weight is 408 g/mol. The molecule has 6 nitrogen and oxygen atoms in total. The summed E-state index contributed by atoms with van der Waals surface area (Å²) in [4.78, 5) is 29.4. The highest BCUT2D eigenvalue weighted by atomic mass is 16.5. The molecule has 3 rings (SSSR count). The lowest BCUT2D eigenvalue weighted by Gasteiger charge is -2.26. The molecule has 1 atom stereocenters. The number of aliphatic hydroxyl groups excluding tert-OH is 1. The number of benzene rings is 2. The number of hydrogen-bond acceptors (Lipinski definition) is 5. The topological polar surface area (TPSA) is 70.1 Å². The van der Waals surface area contributed by atoms with Crippen molar-refractivity contribution in [2.24, 2.45) is 0 Å². The van der Waals surface area contributed by atoms with Crippen LogP contribution in [0.4, 0.5) is 0 Å². The van der Waals surface area contributed by atoms with Crippen LogP contribution in [0.3, 0.4) is 0 Å². The lowest BCUT2D eigenvalue weighted by atomic mass is 9.95. The molecule has 0 radical (unpaired) electrons. The first-order valence-electron chi connectivity index (χ1n) is 10.1. The molecule has 0 spiro atoms. The van der Waals surface area contributed by atoms with Gasteiger partial charge in [0.05, 0.1) is 18.2 Å². The average Bonchev–Trinajstić information content (AvgIpc) is 2.99. The van der Waals surface area contributed by atoms with Crippen molar-refractivity contribution in [1.82, 2.24) is 9.80 Å². The van der Waals surface area contributed by atoms with Gasteiger partial charge in [0.2, 0.25) is 0 Å². The van der Waals surface area contributed by atoms with Gasteiger partial charge in [-0.2, -0.15) is 0 Å². The van der Waals surface area contributed by atoms with Crippen LogP contribution in [0.5, 0.6) is 5.75 Å². The van der Waals surface area contributed by atoms with Crippen LogP contribution in [0.25, 0.3) is 5.76 Å². The molecule has 1 fully saturated rings. The van der Waals surface area contributed by atoms with Crippen LogP contribution in [-0.4, -0.2) is 60.4 Å². The highest BCUT2D eigenvalue weighted by Gasteiger charge is 2.45. The van der Waals surface area contributed by atoms with Gasteiger partial charge in [-0.3, -0.25) is 9.59 Å². The Morgan fingerprint density at radius 2 is 1.83 bits per heavy atom. The van der Waals surface area contributed by atoms with Gasteiger partial charge in [0.1, 0.15) is 11.5 Å². The Labute approximate surface area is 177 Å².